The molecule has 3 heteroatoms. The normalized spacial score (nSPS) is 18.1. The number of hydrogen-bond acceptors (Lipinski definition) is 1. The first kappa shape index (κ1) is 15.5. The molecule has 1 aromatic rings. The van der Waals surface area contributed by atoms with Gasteiger partial charge < -0.3 is 12.4 Å². The van der Waals surface area contributed by atoms with Crippen molar-refractivity contribution >= 4 is 0 Å². The highest BCUT2D eigenvalue weighted by Gasteiger charge is 2.18. The Balaban J connectivity index is 0.00000162. The number of halogens is 1. The lowest BCUT2D eigenvalue weighted by atomic mass is 9.85. The minimum Gasteiger partial charge on any atom is -1.00 e. The molecule has 18 heavy (non-hydrogen) atoms. The van der Waals surface area contributed by atoms with Crippen LogP contribution in [0.3, 0.4) is 0 Å². The van der Waals surface area contributed by atoms with Gasteiger partial charge in [-0.2, -0.15) is 0 Å². The standard InChI is InChI=1S/C15H24NO.ClH/c16-17-15(14-9-5-2-6-10-14)12-11-13-7-3-1-4-8-13;/h2,5-6,9-10,13,15H,1,3-4,7-8,11-12H2,16H3;1H/q+1;/p-1. The van der Waals surface area contributed by atoms with Crippen molar-refractivity contribution in [2.45, 2.75) is 51.0 Å². The van der Waals surface area contributed by atoms with E-state index < -0.39 is 0 Å². The van der Waals surface area contributed by atoms with E-state index in [2.05, 4.69) is 30.2 Å². The van der Waals surface area contributed by atoms with E-state index in [1.54, 1.807) is 0 Å². The highest BCUT2D eigenvalue weighted by Crippen LogP contribution is 2.30. The molecule has 0 heterocycles. The Labute approximate surface area is 116 Å². The van der Waals surface area contributed by atoms with Crippen LogP contribution >= 0.6 is 0 Å². The molecule has 1 unspecified atom stereocenters. The van der Waals surface area contributed by atoms with Crippen LogP contribution in [0.1, 0.15) is 56.6 Å². The van der Waals surface area contributed by atoms with Crippen LogP contribution in [0, 0.1) is 5.92 Å². The zero-order valence-electron chi connectivity index (χ0n) is 11.0. The first-order chi connectivity index (χ1) is 8.40. The van der Waals surface area contributed by atoms with Gasteiger partial charge in [-0.25, -0.2) is 10.7 Å². The molecule has 2 nitrogen and oxygen atoms in total. The first-order valence-corrected chi connectivity index (χ1v) is 6.86. The van der Waals surface area contributed by atoms with Crippen molar-refractivity contribution in [3.05, 3.63) is 35.9 Å². The van der Waals surface area contributed by atoms with Gasteiger partial charge in [0.05, 0.1) is 0 Å². The maximum atomic E-state index is 5.38. The van der Waals surface area contributed by atoms with E-state index in [0.717, 1.165) is 12.3 Å². The zero-order valence-corrected chi connectivity index (χ0v) is 11.7. The second-order valence-corrected chi connectivity index (χ2v) is 5.15. The molecule has 102 valence electrons. The van der Waals surface area contributed by atoms with Gasteiger partial charge in [0.1, 0.15) is 6.10 Å². The average Bonchev–Trinajstić information content (AvgIpc) is 2.42. The molecule has 0 aromatic heterocycles. The van der Waals surface area contributed by atoms with Gasteiger partial charge in [0, 0.05) is 0 Å². The summed E-state index contributed by atoms with van der Waals surface area (Å²) in [6, 6.07) is 10.5. The van der Waals surface area contributed by atoms with E-state index in [0.29, 0.717) is 0 Å². The zero-order chi connectivity index (χ0) is 11.9. The van der Waals surface area contributed by atoms with Crippen LogP contribution in [-0.2, 0) is 4.84 Å². The van der Waals surface area contributed by atoms with Gasteiger partial charge in [-0.05, 0) is 24.3 Å². The lowest BCUT2D eigenvalue weighted by Crippen LogP contribution is -3.00. The van der Waals surface area contributed by atoms with E-state index in [9.17, 15) is 0 Å². The highest BCUT2D eigenvalue weighted by atomic mass is 35.5. The number of benzene rings is 1. The van der Waals surface area contributed by atoms with Crippen molar-refractivity contribution in [1.29, 1.82) is 0 Å². The van der Waals surface area contributed by atoms with Crippen LogP contribution in [-0.4, -0.2) is 0 Å². The Morgan fingerprint density at radius 2 is 1.78 bits per heavy atom. The third-order valence-electron chi connectivity index (χ3n) is 3.93. The SMILES string of the molecule is [Cl-].[NH3+]OC(CCC1CCCCC1)c1ccccc1. The van der Waals surface area contributed by atoms with Crippen LogP contribution in [0.4, 0.5) is 0 Å². The Hall–Kier alpha value is -0.570. The maximum absolute atomic E-state index is 5.38. The first-order valence-electron chi connectivity index (χ1n) is 6.86. The van der Waals surface area contributed by atoms with E-state index in [-0.39, 0.29) is 18.5 Å². The summed E-state index contributed by atoms with van der Waals surface area (Å²) in [5.74, 6) is 4.55. The second kappa shape index (κ2) is 8.52. The Morgan fingerprint density at radius 3 is 2.39 bits per heavy atom. The Kier molecular flexibility index (Phi) is 7.33. The largest absolute Gasteiger partial charge is 1.00 e. The van der Waals surface area contributed by atoms with E-state index in [4.69, 9.17) is 4.84 Å². The van der Waals surface area contributed by atoms with Crippen LogP contribution in [0.2, 0.25) is 0 Å². The summed E-state index contributed by atoms with van der Waals surface area (Å²) in [7, 11) is 0. The third kappa shape index (κ3) is 4.60. The molecule has 1 saturated carbocycles. The summed E-state index contributed by atoms with van der Waals surface area (Å²) in [5, 5.41) is 0. The fraction of sp³-hybridized carbons (Fsp3) is 0.600. The number of rotatable bonds is 5. The number of quaternary nitrogens is 1. The summed E-state index contributed by atoms with van der Waals surface area (Å²) in [4.78, 5) is 5.38. The van der Waals surface area contributed by atoms with Crippen LogP contribution in [0.25, 0.3) is 0 Å². The monoisotopic (exact) mass is 269 g/mol. The summed E-state index contributed by atoms with van der Waals surface area (Å²) >= 11 is 0. The van der Waals surface area contributed by atoms with Crippen LogP contribution < -0.4 is 18.3 Å². The molecule has 0 radical (unpaired) electrons. The Bertz CT molecular complexity index is 312. The lowest BCUT2D eigenvalue weighted by Gasteiger charge is -2.22. The molecule has 0 amide bonds. The smallest absolute Gasteiger partial charge is 0.141 e. The topological polar surface area (TPSA) is 36.9 Å². The number of hydrogen-bond donors (Lipinski definition) is 1. The third-order valence-corrected chi connectivity index (χ3v) is 3.93. The van der Waals surface area contributed by atoms with Crippen LogP contribution in [0.15, 0.2) is 30.3 Å². The minimum absolute atomic E-state index is 0. The summed E-state index contributed by atoms with van der Waals surface area (Å²) in [5.41, 5.74) is 1.26. The van der Waals surface area contributed by atoms with Gasteiger partial charge in [-0.1, -0.05) is 62.4 Å². The highest BCUT2D eigenvalue weighted by molar-refractivity contribution is 5.17. The molecule has 1 aliphatic rings. The van der Waals surface area contributed by atoms with Crippen molar-refractivity contribution in [1.82, 2.24) is 0 Å². The van der Waals surface area contributed by atoms with Gasteiger partial charge in [0.2, 0.25) is 0 Å². The van der Waals surface area contributed by atoms with Gasteiger partial charge >= 0.3 is 0 Å². The summed E-state index contributed by atoms with van der Waals surface area (Å²) in [6.45, 7) is 0. The molecule has 0 bridgehead atoms. The molecule has 0 aliphatic heterocycles. The van der Waals surface area contributed by atoms with Crippen molar-refractivity contribution in [2.75, 3.05) is 0 Å². The predicted molar refractivity (Wildman–Crippen MR) is 69.0 cm³/mol. The predicted octanol–water partition coefficient (Wildman–Crippen LogP) is 0.266. The van der Waals surface area contributed by atoms with Gasteiger partial charge in [0.25, 0.3) is 0 Å². The maximum Gasteiger partial charge on any atom is 0.141 e. The van der Waals surface area contributed by atoms with E-state index in [1.807, 2.05) is 6.07 Å². The molecular weight excluding hydrogens is 246 g/mol. The molecular formula is C15H24ClNO. The molecule has 1 atom stereocenters. The minimum atomic E-state index is 0. The van der Waals surface area contributed by atoms with E-state index >= 15 is 0 Å². The van der Waals surface area contributed by atoms with Crippen molar-refractivity contribution < 1.29 is 23.1 Å². The average molecular weight is 270 g/mol. The van der Waals surface area contributed by atoms with Gasteiger partial charge in [-0.15, -0.1) is 0 Å². The summed E-state index contributed by atoms with van der Waals surface area (Å²) in [6.07, 6.45) is 9.69. The van der Waals surface area contributed by atoms with Crippen molar-refractivity contribution in [3.8, 4) is 0 Å². The molecule has 0 spiro atoms. The van der Waals surface area contributed by atoms with Crippen molar-refractivity contribution in [3.63, 3.8) is 0 Å². The molecule has 0 saturated heterocycles. The molecule has 2 rings (SSSR count). The molecule has 3 N–H and O–H groups in total. The van der Waals surface area contributed by atoms with Crippen molar-refractivity contribution in [2.24, 2.45) is 5.92 Å². The fourth-order valence-electron chi connectivity index (χ4n) is 2.88. The second-order valence-electron chi connectivity index (χ2n) is 5.15. The fourth-order valence-corrected chi connectivity index (χ4v) is 2.88. The lowest BCUT2D eigenvalue weighted by molar-refractivity contribution is -0.705. The quantitative estimate of drug-likeness (QED) is 0.766. The van der Waals surface area contributed by atoms with Gasteiger partial charge in [-0.3, -0.25) is 0 Å². The van der Waals surface area contributed by atoms with Gasteiger partial charge in [0.15, 0.2) is 0 Å². The molecule has 1 fully saturated rings. The van der Waals surface area contributed by atoms with E-state index in [1.165, 1.54) is 44.1 Å². The van der Waals surface area contributed by atoms with Crippen LogP contribution in [0.5, 0.6) is 0 Å². The Morgan fingerprint density at radius 1 is 1.11 bits per heavy atom. The summed E-state index contributed by atoms with van der Waals surface area (Å²) < 4.78 is 0. The molecule has 1 aromatic carbocycles. The molecule has 1 aliphatic carbocycles.